The molecule has 4 nitrogen and oxygen atoms in total. The molecule has 0 fully saturated rings. The minimum absolute atomic E-state index is 0.0100. The van der Waals surface area contributed by atoms with E-state index in [0.29, 0.717) is 19.3 Å². The molecule has 3 unspecified atom stereocenters. The van der Waals surface area contributed by atoms with Gasteiger partial charge in [-0.15, -0.1) is 0 Å². The van der Waals surface area contributed by atoms with Crippen LogP contribution < -0.4 is 0 Å². The largest absolute Gasteiger partial charge is 0.300 e. The Morgan fingerprint density at radius 3 is 2.33 bits per heavy atom. The number of hydrogen-bond acceptors (Lipinski definition) is 4. The molecule has 0 saturated heterocycles. The Labute approximate surface area is 215 Å². The number of benzene rings is 2. The highest BCUT2D eigenvalue weighted by Gasteiger charge is 2.33. The number of ketones is 4. The fourth-order valence-electron chi connectivity index (χ4n) is 6.06. The Balaban J connectivity index is 1.73. The molecule has 2 aromatic rings. The van der Waals surface area contributed by atoms with Crippen LogP contribution in [0, 0.1) is 24.7 Å². The molecule has 0 N–H and O–H groups in total. The number of Topliss-reactive ketones (excluding diaryl/α,β-unsaturated/α-hetero) is 4. The van der Waals surface area contributed by atoms with Crippen molar-refractivity contribution in [2.75, 3.05) is 0 Å². The lowest BCUT2D eigenvalue weighted by atomic mass is 9.72. The van der Waals surface area contributed by atoms with Crippen molar-refractivity contribution < 1.29 is 19.2 Å². The molecule has 3 atom stereocenters. The summed E-state index contributed by atoms with van der Waals surface area (Å²) in [5.41, 5.74) is 4.73. The third kappa shape index (κ3) is 7.09. The summed E-state index contributed by atoms with van der Waals surface area (Å²) in [7, 11) is 0. The maximum Gasteiger partial charge on any atom is 0.163 e. The topological polar surface area (TPSA) is 68.3 Å². The second-order valence-corrected chi connectivity index (χ2v) is 10.6. The van der Waals surface area contributed by atoms with Gasteiger partial charge in [0.2, 0.25) is 0 Å². The lowest BCUT2D eigenvalue weighted by molar-refractivity contribution is -0.130. The van der Waals surface area contributed by atoms with E-state index in [0.717, 1.165) is 59.9 Å². The van der Waals surface area contributed by atoms with Crippen molar-refractivity contribution >= 4 is 23.1 Å². The zero-order valence-corrected chi connectivity index (χ0v) is 22.3. The van der Waals surface area contributed by atoms with E-state index < -0.39 is 0 Å². The van der Waals surface area contributed by atoms with Gasteiger partial charge >= 0.3 is 0 Å². The van der Waals surface area contributed by atoms with E-state index in [2.05, 4.69) is 6.92 Å². The summed E-state index contributed by atoms with van der Waals surface area (Å²) in [6, 6.07) is 13.8. The summed E-state index contributed by atoms with van der Waals surface area (Å²) in [6.07, 6.45) is 5.50. The maximum atomic E-state index is 13.3. The first-order valence-electron chi connectivity index (χ1n) is 13.5. The summed E-state index contributed by atoms with van der Waals surface area (Å²) in [4.78, 5) is 50.3. The van der Waals surface area contributed by atoms with E-state index >= 15 is 0 Å². The van der Waals surface area contributed by atoms with Crippen molar-refractivity contribution in [1.82, 2.24) is 0 Å². The van der Waals surface area contributed by atoms with Gasteiger partial charge in [0, 0.05) is 30.7 Å². The molecule has 0 spiro atoms. The van der Waals surface area contributed by atoms with Crippen molar-refractivity contribution in [1.29, 1.82) is 0 Å². The minimum atomic E-state index is -0.120. The Morgan fingerprint density at radius 2 is 1.69 bits per heavy atom. The van der Waals surface area contributed by atoms with Gasteiger partial charge in [0.05, 0.1) is 6.42 Å². The molecule has 36 heavy (non-hydrogen) atoms. The highest BCUT2D eigenvalue weighted by molar-refractivity contribution is 6.01. The molecule has 1 aliphatic carbocycles. The average molecular weight is 489 g/mol. The smallest absolute Gasteiger partial charge is 0.163 e. The fourth-order valence-corrected chi connectivity index (χ4v) is 6.06. The van der Waals surface area contributed by atoms with Crippen LogP contribution in [0.5, 0.6) is 0 Å². The van der Waals surface area contributed by atoms with Gasteiger partial charge in [-0.3, -0.25) is 19.2 Å². The van der Waals surface area contributed by atoms with Gasteiger partial charge in [-0.2, -0.15) is 0 Å². The normalized spacial score (nSPS) is 16.8. The molecule has 0 bridgehead atoms. The van der Waals surface area contributed by atoms with E-state index in [1.54, 1.807) is 0 Å². The predicted molar refractivity (Wildman–Crippen MR) is 143 cm³/mol. The molecule has 2 aromatic carbocycles. The van der Waals surface area contributed by atoms with Crippen LogP contribution in [-0.2, 0) is 33.6 Å². The SMILES string of the molecule is CCCC(CC1CC(=O)c2c(ccc(CC(=O)Cc3ccccc3)c2C)C1)C(CC)C(=O)CC(C)=O. The number of hydrogen-bond donors (Lipinski definition) is 0. The van der Waals surface area contributed by atoms with Gasteiger partial charge in [0.1, 0.15) is 17.3 Å². The van der Waals surface area contributed by atoms with Crippen molar-refractivity contribution in [2.45, 2.75) is 85.5 Å². The Bertz CT molecular complexity index is 1100. The van der Waals surface area contributed by atoms with E-state index in [9.17, 15) is 19.2 Å². The summed E-state index contributed by atoms with van der Waals surface area (Å²) < 4.78 is 0. The van der Waals surface area contributed by atoms with E-state index in [1.165, 1.54) is 6.92 Å². The molecule has 1 aliphatic rings. The van der Waals surface area contributed by atoms with Crippen molar-refractivity contribution in [3.8, 4) is 0 Å². The van der Waals surface area contributed by atoms with Crippen LogP contribution in [0.1, 0.15) is 91.9 Å². The van der Waals surface area contributed by atoms with Crippen LogP contribution in [0.4, 0.5) is 0 Å². The second kappa shape index (κ2) is 12.9. The van der Waals surface area contributed by atoms with Crippen LogP contribution in [0.2, 0.25) is 0 Å². The van der Waals surface area contributed by atoms with Crippen molar-refractivity contribution in [3.05, 3.63) is 70.3 Å². The van der Waals surface area contributed by atoms with Crippen LogP contribution in [0.15, 0.2) is 42.5 Å². The lowest BCUT2D eigenvalue weighted by Crippen LogP contribution is -2.30. The Morgan fingerprint density at radius 1 is 0.972 bits per heavy atom. The number of carbonyl (C=O) groups is 4. The first-order chi connectivity index (χ1) is 17.2. The second-order valence-electron chi connectivity index (χ2n) is 10.6. The minimum Gasteiger partial charge on any atom is -0.300 e. The van der Waals surface area contributed by atoms with E-state index in [1.807, 2.05) is 56.3 Å². The number of fused-ring (bicyclic) bond motifs is 1. The molecule has 4 heteroatoms. The van der Waals surface area contributed by atoms with Gasteiger partial charge in [-0.05, 0) is 67.2 Å². The van der Waals surface area contributed by atoms with Crippen LogP contribution >= 0.6 is 0 Å². The molecular weight excluding hydrogens is 448 g/mol. The molecule has 192 valence electrons. The highest BCUT2D eigenvalue weighted by atomic mass is 16.1. The third-order valence-corrected chi connectivity index (χ3v) is 7.70. The van der Waals surface area contributed by atoms with Gasteiger partial charge in [0.25, 0.3) is 0 Å². The summed E-state index contributed by atoms with van der Waals surface area (Å²) >= 11 is 0. The van der Waals surface area contributed by atoms with E-state index in [4.69, 9.17) is 0 Å². The molecule has 0 saturated carbocycles. The summed E-state index contributed by atoms with van der Waals surface area (Å²) in [6.45, 7) is 7.59. The van der Waals surface area contributed by atoms with Gasteiger partial charge in [-0.1, -0.05) is 69.2 Å². The lowest BCUT2D eigenvalue weighted by Gasteiger charge is -2.32. The highest BCUT2D eigenvalue weighted by Crippen LogP contribution is 2.37. The van der Waals surface area contributed by atoms with Crippen molar-refractivity contribution in [2.24, 2.45) is 17.8 Å². The van der Waals surface area contributed by atoms with Gasteiger partial charge in [0.15, 0.2) is 5.78 Å². The molecule has 0 heterocycles. The predicted octanol–water partition coefficient (Wildman–Crippen LogP) is 6.48. The molecule has 0 aromatic heterocycles. The summed E-state index contributed by atoms with van der Waals surface area (Å²) in [5.74, 6) is 0.539. The first kappa shape index (κ1) is 27.7. The van der Waals surface area contributed by atoms with Crippen LogP contribution in [-0.4, -0.2) is 23.1 Å². The average Bonchev–Trinajstić information content (AvgIpc) is 2.81. The van der Waals surface area contributed by atoms with E-state index in [-0.39, 0.29) is 47.3 Å². The zero-order chi connectivity index (χ0) is 26.2. The van der Waals surface area contributed by atoms with Crippen LogP contribution in [0.25, 0.3) is 0 Å². The molecule has 3 rings (SSSR count). The number of rotatable bonds is 13. The summed E-state index contributed by atoms with van der Waals surface area (Å²) in [5, 5.41) is 0. The standard InChI is InChI=1S/C32H40O4/c1-5-10-26(29(6-2)30(35)15-21(3)33)16-24-17-27-14-13-25(22(4)32(27)31(36)19-24)20-28(34)18-23-11-8-7-9-12-23/h7-9,11-14,24,26,29H,5-6,10,15-20H2,1-4H3. The molecule has 0 amide bonds. The maximum absolute atomic E-state index is 13.3. The number of carbonyl (C=O) groups excluding carboxylic acids is 4. The molecule has 0 aliphatic heterocycles. The van der Waals surface area contributed by atoms with Crippen molar-refractivity contribution in [3.63, 3.8) is 0 Å². The van der Waals surface area contributed by atoms with Crippen LogP contribution in [0.3, 0.4) is 0 Å². The van der Waals surface area contributed by atoms with Gasteiger partial charge in [-0.25, -0.2) is 0 Å². The zero-order valence-electron chi connectivity index (χ0n) is 22.3. The third-order valence-electron chi connectivity index (χ3n) is 7.70. The first-order valence-corrected chi connectivity index (χ1v) is 13.5. The molecule has 0 radical (unpaired) electrons. The fraction of sp³-hybridized carbons (Fsp3) is 0.500. The quantitative estimate of drug-likeness (QED) is 0.303. The Kier molecular flexibility index (Phi) is 9.92. The Hall–Kier alpha value is -2.88. The van der Waals surface area contributed by atoms with Gasteiger partial charge < -0.3 is 0 Å². The molecular formula is C32H40O4. The monoisotopic (exact) mass is 488 g/mol.